The second-order valence-corrected chi connectivity index (χ2v) is 8.87. The van der Waals surface area contributed by atoms with Crippen molar-refractivity contribution < 1.29 is 4.79 Å². The summed E-state index contributed by atoms with van der Waals surface area (Å²) in [6, 6.07) is 9.73. The molecule has 3 rings (SSSR count). The number of nitrogens with zero attached hydrogens (tertiary/aromatic N) is 1. The van der Waals surface area contributed by atoms with E-state index < -0.39 is 0 Å². The van der Waals surface area contributed by atoms with E-state index in [2.05, 4.69) is 10.3 Å². The van der Waals surface area contributed by atoms with Gasteiger partial charge in [0.15, 0.2) is 5.13 Å². The van der Waals surface area contributed by atoms with Crippen molar-refractivity contribution >= 4 is 68.7 Å². The van der Waals surface area contributed by atoms with Gasteiger partial charge in [0.1, 0.15) is 4.34 Å². The zero-order chi connectivity index (χ0) is 17.1. The maximum absolute atomic E-state index is 12.2. The van der Waals surface area contributed by atoms with Gasteiger partial charge in [0.25, 0.3) is 0 Å². The molecule has 0 bridgehead atoms. The predicted octanol–water partition coefficient (Wildman–Crippen LogP) is 6.08. The van der Waals surface area contributed by atoms with E-state index in [-0.39, 0.29) is 5.91 Å². The smallest absolute Gasteiger partial charge is 0.230 e. The van der Waals surface area contributed by atoms with Gasteiger partial charge in [-0.25, -0.2) is 4.98 Å². The summed E-state index contributed by atoms with van der Waals surface area (Å²) in [6.45, 7) is 0. The van der Waals surface area contributed by atoms with Crippen molar-refractivity contribution in [1.29, 1.82) is 0 Å². The largest absolute Gasteiger partial charge is 0.302 e. The highest BCUT2D eigenvalue weighted by Gasteiger charge is 2.13. The van der Waals surface area contributed by atoms with Crippen molar-refractivity contribution in [2.75, 3.05) is 11.6 Å². The van der Waals surface area contributed by atoms with Gasteiger partial charge in [0.2, 0.25) is 5.91 Å². The van der Waals surface area contributed by atoms with E-state index in [1.54, 1.807) is 17.8 Å². The Balaban J connectivity index is 1.65. The number of rotatable bonds is 5. The van der Waals surface area contributed by atoms with E-state index in [1.165, 1.54) is 27.6 Å². The molecule has 0 aliphatic heterocycles. The van der Waals surface area contributed by atoms with Gasteiger partial charge in [0, 0.05) is 15.8 Å². The highest BCUT2D eigenvalue weighted by molar-refractivity contribution is 7.98. The van der Waals surface area contributed by atoms with Crippen molar-refractivity contribution in [3.05, 3.63) is 49.9 Å². The minimum Gasteiger partial charge on any atom is -0.302 e. The lowest BCUT2D eigenvalue weighted by molar-refractivity contribution is -0.115. The van der Waals surface area contributed by atoms with Gasteiger partial charge in [-0.3, -0.25) is 4.79 Å². The minimum absolute atomic E-state index is 0.0951. The summed E-state index contributed by atoms with van der Waals surface area (Å²) in [5.41, 5.74) is 2.47. The third kappa shape index (κ3) is 4.32. The van der Waals surface area contributed by atoms with Crippen LogP contribution in [0.5, 0.6) is 0 Å². The first-order valence-electron chi connectivity index (χ1n) is 6.88. The van der Waals surface area contributed by atoms with Crippen LogP contribution in [-0.4, -0.2) is 17.1 Å². The normalized spacial score (nSPS) is 10.8. The number of carbonyl (C=O) groups is 1. The third-order valence-corrected chi connectivity index (χ3v) is 6.20. The van der Waals surface area contributed by atoms with Crippen LogP contribution in [-0.2, 0) is 11.2 Å². The number of amides is 1. The summed E-state index contributed by atoms with van der Waals surface area (Å²) >= 11 is 16.4. The average Bonchev–Trinajstić information content (AvgIpc) is 3.14. The molecule has 3 aromatic rings. The number of thioether (sulfide) groups is 1. The first-order chi connectivity index (χ1) is 11.5. The Morgan fingerprint density at radius 3 is 2.67 bits per heavy atom. The van der Waals surface area contributed by atoms with Crippen LogP contribution >= 0.6 is 57.6 Å². The van der Waals surface area contributed by atoms with Crippen molar-refractivity contribution in [3.63, 3.8) is 0 Å². The number of nitrogens with one attached hydrogen (secondary N) is 1. The van der Waals surface area contributed by atoms with Crippen molar-refractivity contribution in [3.8, 4) is 11.3 Å². The summed E-state index contributed by atoms with van der Waals surface area (Å²) in [5.74, 6) is -0.0951. The van der Waals surface area contributed by atoms with Gasteiger partial charge in [-0.15, -0.1) is 34.4 Å². The van der Waals surface area contributed by atoms with Crippen LogP contribution in [0.4, 0.5) is 5.13 Å². The zero-order valence-electron chi connectivity index (χ0n) is 12.5. The molecule has 0 unspecified atom stereocenters. The van der Waals surface area contributed by atoms with Gasteiger partial charge >= 0.3 is 0 Å². The highest BCUT2D eigenvalue weighted by atomic mass is 35.5. The molecule has 0 saturated heterocycles. The molecule has 1 amide bonds. The number of carbonyl (C=O) groups excluding carboxylic acids is 1. The van der Waals surface area contributed by atoms with Crippen LogP contribution in [0.2, 0.25) is 8.67 Å². The first kappa shape index (κ1) is 17.8. The van der Waals surface area contributed by atoms with Gasteiger partial charge in [-0.05, 0) is 30.0 Å². The Bertz CT molecular complexity index is 859. The van der Waals surface area contributed by atoms with Crippen LogP contribution in [0.15, 0.2) is 40.6 Å². The third-order valence-electron chi connectivity index (χ3n) is 3.21. The van der Waals surface area contributed by atoms with Crippen LogP contribution in [0, 0.1) is 0 Å². The fourth-order valence-electron chi connectivity index (χ4n) is 2.06. The van der Waals surface area contributed by atoms with E-state index in [4.69, 9.17) is 23.2 Å². The summed E-state index contributed by atoms with van der Waals surface area (Å²) < 4.78 is 1.21. The molecule has 1 aromatic carbocycles. The lowest BCUT2D eigenvalue weighted by atomic mass is 10.1. The number of thiazole rings is 1. The van der Waals surface area contributed by atoms with Crippen LogP contribution in [0.1, 0.15) is 5.56 Å². The molecule has 8 heteroatoms. The van der Waals surface area contributed by atoms with Gasteiger partial charge in [-0.1, -0.05) is 35.3 Å². The number of anilines is 1. The molecule has 1 N–H and O–H groups in total. The Hall–Kier alpha value is -1.05. The van der Waals surface area contributed by atoms with Crippen molar-refractivity contribution in [2.45, 2.75) is 11.3 Å². The Kier molecular flexibility index (Phi) is 5.84. The molecular weight excluding hydrogens is 403 g/mol. The molecule has 0 saturated carbocycles. The second-order valence-electron chi connectivity index (χ2n) is 4.85. The molecule has 0 aliphatic rings. The van der Waals surface area contributed by atoms with Crippen LogP contribution < -0.4 is 5.32 Å². The number of benzene rings is 1. The highest BCUT2D eigenvalue weighted by Crippen LogP contribution is 2.38. The number of thiophene rings is 1. The average molecular weight is 415 g/mol. The van der Waals surface area contributed by atoms with Gasteiger partial charge in [-0.2, -0.15) is 0 Å². The molecule has 0 aliphatic carbocycles. The number of hydrogen-bond acceptors (Lipinski definition) is 5. The fourth-order valence-corrected chi connectivity index (χ4v) is 4.68. The molecule has 2 aromatic heterocycles. The van der Waals surface area contributed by atoms with Crippen LogP contribution in [0.3, 0.4) is 0 Å². The lowest BCUT2D eigenvalue weighted by Crippen LogP contribution is -2.14. The van der Waals surface area contributed by atoms with Crippen LogP contribution in [0.25, 0.3) is 11.3 Å². The molecule has 0 radical (unpaired) electrons. The maximum Gasteiger partial charge on any atom is 0.230 e. The maximum atomic E-state index is 12.2. The SMILES string of the molecule is CSc1ccc(CC(=O)Nc2nc(-c3cc(Cl)sc3Cl)cs2)cc1. The predicted molar refractivity (Wildman–Crippen MR) is 106 cm³/mol. The van der Waals surface area contributed by atoms with Crippen molar-refractivity contribution in [2.24, 2.45) is 0 Å². The van der Waals surface area contributed by atoms with Crippen molar-refractivity contribution in [1.82, 2.24) is 4.98 Å². The summed E-state index contributed by atoms with van der Waals surface area (Å²) in [5, 5.41) is 5.23. The number of hydrogen-bond donors (Lipinski definition) is 1. The monoisotopic (exact) mass is 414 g/mol. The van der Waals surface area contributed by atoms with Gasteiger partial charge in [0.05, 0.1) is 16.5 Å². The molecule has 0 atom stereocenters. The van der Waals surface area contributed by atoms with E-state index in [0.29, 0.717) is 25.9 Å². The standard InChI is InChI=1S/C16H12Cl2N2OS3/c1-22-10-4-2-9(3-5-10)6-14(21)20-16-19-12(8-23-16)11-7-13(17)24-15(11)18/h2-5,7-8H,6H2,1H3,(H,19,20,21). The van der Waals surface area contributed by atoms with E-state index in [1.807, 2.05) is 35.9 Å². The van der Waals surface area contributed by atoms with Gasteiger partial charge < -0.3 is 5.32 Å². The fraction of sp³-hybridized carbons (Fsp3) is 0.125. The molecule has 0 fully saturated rings. The Labute approximate surface area is 162 Å². The topological polar surface area (TPSA) is 42.0 Å². The van der Waals surface area contributed by atoms with E-state index in [0.717, 1.165) is 11.1 Å². The quantitative estimate of drug-likeness (QED) is 0.514. The molecule has 24 heavy (non-hydrogen) atoms. The molecule has 3 nitrogen and oxygen atoms in total. The first-order valence-corrected chi connectivity index (χ1v) is 10.6. The second kappa shape index (κ2) is 7.89. The minimum atomic E-state index is -0.0951. The summed E-state index contributed by atoms with van der Waals surface area (Å²) in [6.07, 6.45) is 2.34. The van der Waals surface area contributed by atoms with E-state index in [9.17, 15) is 4.79 Å². The summed E-state index contributed by atoms with van der Waals surface area (Å²) in [7, 11) is 0. The number of aromatic nitrogens is 1. The molecule has 124 valence electrons. The Morgan fingerprint density at radius 2 is 2.04 bits per heavy atom. The molecule has 0 spiro atoms. The number of halogens is 2. The lowest BCUT2D eigenvalue weighted by Gasteiger charge is -2.03. The van der Waals surface area contributed by atoms with E-state index >= 15 is 0 Å². The molecular formula is C16H12Cl2N2OS3. The molecule has 2 heterocycles. The zero-order valence-corrected chi connectivity index (χ0v) is 16.5. The summed E-state index contributed by atoms with van der Waals surface area (Å²) in [4.78, 5) is 17.7. The Morgan fingerprint density at radius 1 is 1.29 bits per heavy atom.